The summed E-state index contributed by atoms with van der Waals surface area (Å²) in [6, 6.07) is 0. The second-order valence-electron chi connectivity index (χ2n) is 11.3. The summed E-state index contributed by atoms with van der Waals surface area (Å²) in [7, 11) is -0.609. The summed E-state index contributed by atoms with van der Waals surface area (Å²) in [5, 5.41) is 16.1. The molecule has 0 aliphatic carbocycles. The Morgan fingerprint density at radius 2 is 1.61 bits per heavy atom. The van der Waals surface area contributed by atoms with Crippen LogP contribution in [0.15, 0.2) is 76.5 Å². The highest BCUT2D eigenvalue weighted by molar-refractivity contribution is 8.76. The molecule has 0 bridgehead atoms. The van der Waals surface area contributed by atoms with Crippen LogP contribution >= 0.6 is 29.3 Å². The number of carbonyl (C=O) groups is 1. The zero-order chi connectivity index (χ0) is 37.2. The van der Waals surface area contributed by atoms with Gasteiger partial charge in [-0.15, -0.1) is 0 Å². The molecule has 1 aromatic rings. The van der Waals surface area contributed by atoms with Crippen LogP contribution in [0.4, 0.5) is 4.39 Å². The molecular formula is C35H54FN4O8PS2. The molecule has 1 amide bonds. The number of aliphatic hydroxyl groups excluding tert-OH is 1. The van der Waals surface area contributed by atoms with Crippen molar-refractivity contribution in [3.8, 4) is 0 Å². The van der Waals surface area contributed by atoms with Gasteiger partial charge in [0.15, 0.2) is 0 Å². The SMILES string of the molecule is CC/C=C\C/C=C\C/C=C\C/C=C\C/C=C\CCCC(=O)NCCSSCCNP(=O)(OCC)OC[C@H]1OC(n2cc(F)c(=O)[nH]c2=O)C[C@@H]1O. The number of hydrogen-bond acceptors (Lipinski definition) is 10. The average Bonchev–Trinajstić information content (AvgIpc) is 3.47. The quantitative estimate of drug-likeness (QED) is 0.0335. The van der Waals surface area contributed by atoms with Crippen molar-refractivity contribution in [3.05, 3.63) is 93.6 Å². The highest BCUT2D eigenvalue weighted by Gasteiger charge is 2.38. The second-order valence-corrected chi connectivity index (χ2v) is 15.8. The number of hydrogen-bond donors (Lipinski definition) is 4. The van der Waals surface area contributed by atoms with E-state index < -0.39 is 43.2 Å². The third-order valence-corrected chi connectivity index (χ3v) is 11.3. The van der Waals surface area contributed by atoms with E-state index >= 15 is 0 Å². The molecule has 0 spiro atoms. The Morgan fingerprint density at radius 1 is 1.00 bits per heavy atom. The van der Waals surface area contributed by atoms with Gasteiger partial charge >= 0.3 is 13.4 Å². The van der Waals surface area contributed by atoms with Crippen LogP contribution in [0.3, 0.4) is 0 Å². The predicted octanol–water partition coefficient (Wildman–Crippen LogP) is 6.49. The number of carbonyl (C=O) groups excluding carboxylic acids is 1. The number of ether oxygens (including phenoxy) is 1. The van der Waals surface area contributed by atoms with Gasteiger partial charge in [-0.2, -0.15) is 4.39 Å². The van der Waals surface area contributed by atoms with E-state index in [4.69, 9.17) is 13.8 Å². The van der Waals surface area contributed by atoms with Crippen LogP contribution in [0.25, 0.3) is 0 Å². The molecule has 51 heavy (non-hydrogen) atoms. The Kier molecular flexibility index (Phi) is 23.8. The zero-order valence-corrected chi connectivity index (χ0v) is 32.1. The lowest BCUT2D eigenvalue weighted by Crippen LogP contribution is -2.34. The number of amides is 1. The van der Waals surface area contributed by atoms with Gasteiger partial charge < -0.3 is 15.2 Å². The third-order valence-electron chi connectivity index (χ3n) is 7.16. The molecular weight excluding hydrogens is 719 g/mol. The van der Waals surface area contributed by atoms with Gasteiger partial charge in [0.1, 0.15) is 12.3 Å². The summed E-state index contributed by atoms with van der Waals surface area (Å²) in [6.45, 7) is 4.45. The fraction of sp³-hybridized carbons (Fsp3) is 0.571. The number of aromatic nitrogens is 2. The van der Waals surface area contributed by atoms with Gasteiger partial charge in [-0.25, -0.2) is 14.4 Å². The van der Waals surface area contributed by atoms with Crippen LogP contribution in [0.2, 0.25) is 0 Å². The normalized spacial score (nSPS) is 19.4. The minimum atomic E-state index is -3.73. The van der Waals surface area contributed by atoms with Gasteiger partial charge in [0.25, 0.3) is 5.56 Å². The lowest BCUT2D eigenvalue weighted by Gasteiger charge is -2.21. The van der Waals surface area contributed by atoms with E-state index in [0.29, 0.717) is 37.2 Å². The molecule has 1 aliphatic rings. The Morgan fingerprint density at radius 3 is 2.24 bits per heavy atom. The standard InChI is InChI=1S/C35H54FN4O8PS2/c1-3-5-6-7-8-9-10-11-12-13-14-15-16-17-18-19-20-21-32(42)37-22-24-50-51-25-23-38-49(45,46-4-2)47-28-31-30(41)26-33(48-31)40-27-29(36)34(43)39-35(40)44/h5-6,8-9,11-12,14-15,17-18,27,30-31,33,41H,3-4,7,10,13,16,19-26,28H2,1-2H3,(H,37,42)(H,38,45)(H,39,43,44)/b6-5-,9-8-,12-11-,15-14-,18-17-/t30-,31+,33?,49?/m0/s1. The third kappa shape index (κ3) is 19.8. The van der Waals surface area contributed by atoms with E-state index in [-0.39, 0.29) is 25.5 Å². The fourth-order valence-corrected chi connectivity index (χ4v) is 7.88. The van der Waals surface area contributed by atoms with Crippen molar-refractivity contribution in [2.24, 2.45) is 0 Å². The molecule has 1 fully saturated rings. The molecule has 2 heterocycles. The van der Waals surface area contributed by atoms with E-state index in [9.17, 15) is 28.4 Å². The number of H-pyrrole nitrogens is 1. The van der Waals surface area contributed by atoms with Crippen LogP contribution in [-0.2, 0) is 23.1 Å². The highest BCUT2D eigenvalue weighted by atomic mass is 33.1. The number of aromatic amines is 1. The van der Waals surface area contributed by atoms with E-state index in [1.165, 1.54) is 0 Å². The first-order chi connectivity index (χ1) is 24.7. The fourth-order valence-electron chi connectivity index (χ4n) is 4.59. The van der Waals surface area contributed by atoms with Crippen molar-refractivity contribution in [3.63, 3.8) is 0 Å². The Bertz CT molecular complexity index is 1470. The van der Waals surface area contributed by atoms with E-state index in [1.807, 2.05) is 4.98 Å². The summed E-state index contributed by atoms with van der Waals surface area (Å²) in [5.41, 5.74) is -2.03. The molecule has 0 saturated carbocycles. The van der Waals surface area contributed by atoms with Gasteiger partial charge in [0, 0.05) is 37.4 Å². The summed E-state index contributed by atoms with van der Waals surface area (Å²) in [5.74, 6) is 0.162. The van der Waals surface area contributed by atoms with Crippen molar-refractivity contribution in [2.45, 2.75) is 90.1 Å². The van der Waals surface area contributed by atoms with Crippen LogP contribution in [0.1, 0.15) is 77.9 Å². The van der Waals surface area contributed by atoms with Crippen molar-refractivity contribution in [1.29, 1.82) is 0 Å². The van der Waals surface area contributed by atoms with E-state index in [0.717, 1.165) is 49.5 Å². The van der Waals surface area contributed by atoms with Crippen molar-refractivity contribution in [1.82, 2.24) is 20.0 Å². The summed E-state index contributed by atoms with van der Waals surface area (Å²) in [6.07, 6.45) is 26.2. The maximum Gasteiger partial charge on any atom is 0.405 e. The van der Waals surface area contributed by atoms with Crippen LogP contribution in [-0.4, -0.2) is 70.6 Å². The minimum Gasteiger partial charge on any atom is -0.390 e. The predicted molar refractivity (Wildman–Crippen MR) is 205 cm³/mol. The molecule has 0 aromatic carbocycles. The minimum absolute atomic E-state index is 0.0324. The van der Waals surface area contributed by atoms with E-state index in [2.05, 4.69) is 78.1 Å². The van der Waals surface area contributed by atoms with Gasteiger partial charge in [0.2, 0.25) is 11.7 Å². The number of nitrogens with zero attached hydrogens (tertiary/aromatic N) is 1. The molecule has 0 radical (unpaired) electrons. The lowest BCUT2D eigenvalue weighted by atomic mass is 10.2. The highest BCUT2D eigenvalue weighted by Crippen LogP contribution is 2.44. The molecule has 1 aliphatic heterocycles. The largest absolute Gasteiger partial charge is 0.405 e. The number of aliphatic hydroxyl groups is 1. The van der Waals surface area contributed by atoms with Crippen molar-refractivity contribution in [2.75, 3.05) is 37.8 Å². The van der Waals surface area contributed by atoms with Gasteiger partial charge in [-0.05, 0) is 51.9 Å². The number of unbranched alkanes of at least 4 members (excludes halogenated alkanes) is 1. The first-order valence-corrected chi connectivity index (χ1v) is 21.5. The van der Waals surface area contributed by atoms with Crippen LogP contribution < -0.4 is 21.7 Å². The number of nitrogens with one attached hydrogen (secondary N) is 3. The molecule has 4 atom stereocenters. The van der Waals surface area contributed by atoms with Gasteiger partial charge in [-0.3, -0.25) is 28.2 Å². The van der Waals surface area contributed by atoms with Crippen molar-refractivity contribution >= 4 is 35.2 Å². The topological polar surface area (TPSA) is 161 Å². The molecule has 16 heteroatoms. The molecule has 4 N–H and O–H groups in total. The maximum atomic E-state index is 13.7. The first kappa shape index (κ1) is 44.7. The molecule has 1 aromatic heterocycles. The van der Waals surface area contributed by atoms with E-state index in [1.54, 1.807) is 28.5 Å². The summed E-state index contributed by atoms with van der Waals surface area (Å²) < 4.78 is 44.1. The molecule has 12 nitrogen and oxygen atoms in total. The molecule has 1 saturated heterocycles. The lowest BCUT2D eigenvalue weighted by molar-refractivity contribution is -0.121. The Balaban J connectivity index is 1.50. The van der Waals surface area contributed by atoms with Gasteiger partial charge in [0.05, 0.1) is 25.5 Å². The first-order valence-electron chi connectivity index (χ1n) is 17.4. The maximum absolute atomic E-state index is 13.7. The average molecular weight is 773 g/mol. The van der Waals surface area contributed by atoms with Crippen LogP contribution in [0, 0.1) is 5.82 Å². The van der Waals surface area contributed by atoms with Crippen molar-refractivity contribution < 1.29 is 32.6 Å². The van der Waals surface area contributed by atoms with Crippen LogP contribution in [0.5, 0.6) is 0 Å². The molecule has 286 valence electrons. The smallest absolute Gasteiger partial charge is 0.390 e. The van der Waals surface area contributed by atoms with Gasteiger partial charge in [-0.1, -0.05) is 89.3 Å². The number of halogens is 1. The summed E-state index contributed by atoms with van der Waals surface area (Å²) in [4.78, 5) is 37.3. The molecule has 2 rings (SSSR count). The monoisotopic (exact) mass is 772 g/mol. The second kappa shape index (κ2) is 27.2. The Labute approximate surface area is 308 Å². The number of allylic oxidation sites excluding steroid dienone is 10. The number of rotatable bonds is 27. The Hall–Kier alpha value is -2.49. The zero-order valence-electron chi connectivity index (χ0n) is 29.6. The summed E-state index contributed by atoms with van der Waals surface area (Å²) >= 11 is 0. The molecule has 2 unspecified atom stereocenters.